The first-order valence-electron chi connectivity index (χ1n) is 3.89. The lowest BCUT2D eigenvalue weighted by Gasteiger charge is -1.91. The smallest absolute Gasteiger partial charge is 0.304 e. The second-order valence-corrected chi connectivity index (χ2v) is 4.42. The number of aromatic nitrogens is 2. The predicted octanol–water partition coefficient (Wildman–Crippen LogP) is 1.67. The van der Waals surface area contributed by atoms with Crippen molar-refractivity contribution in [3.8, 4) is 0 Å². The lowest BCUT2D eigenvalue weighted by Crippen LogP contribution is -1.95. The maximum atomic E-state index is 10.2. The van der Waals surface area contributed by atoms with E-state index >= 15 is 0 Å². The molecule has 0 bridgehead atoms. The fourth-order valence-electron chi connectivity index (χ4n) is 0.666. The molecule has 1 aromatic heterocycles. The van der Waals surface area contributed by atoms with E-state index in [9.17, 15) is 4.79 Å². The molecule has 1 N–H and O–H groups in total. The highest BCUT2D eigenvalue weighted by Gasteiger charge is 2.03. The Balaban J connectivity index is 2.32. The molecule has 0 radical (unpaired) electrons. The zero-order chi connectivity index (χ0) is 9.68. The minimum atomic E-state index is -0.771. The summed E-state index contributed by atoms with van der Waals surface area (Å²) in [5.41, 5.74) is 0. The van der Waals surface area contributed by atoms with Crippen LogP contribution in [0.4, 0.5) is 0 Å². The van der Waals surface area contributed by atoms with Gasteiger partial charge in [-0.25, -0.2) is 4.98 Å². The molecule has 0 unspecified atom stereocenters. The van der Waals surface area contributed by atoms with Crippen molar-refractivity contribution >= 4 is 29.3 Å². The van der Waals surface area contributed by atoms with Crippen molar-refractivity contribution in [1.29, 1.82) is 0 Å². The summed E-state index contributed by atoms with van der Waals surface area (Å²) >= 11 is 2.78. The first-order valence-corrected chi connectivity index (χ1v) is 5.65. The number of carboxylic acid groups (broad SMARTS) is 1. The third-order valence-corrected chi connectivity index (χ3v) is 3.18. The highest BCUT2D eigenvalue weighted by atomic mass is 32.2. The number of nitrogens with zero attached hydrogens (tertiary/aromatic N) is 2. The molecule has 0 amide bonds. The van der Waals surface area contributed by atoms with Crippen LogP contribution in [-0.2, 0) is 11.2 Å². The van der Waals surface area contributed by atoms with Gasteiger partial charge in [-0.3, -0.25) is 4.79 Å². The van der Waals surface area contributed by atoms with Crippen LogP contribution in [0.3, 0.4) is 0 Å². The van der Waals surface area contributed by atoms with Crippen LogP contribution >= 0.6 is 23.3 Å². The van der Waals surface area contributed by atoms with Gasteiger partial charge in [-0.15, -0.1) is 0 Å². The van der Waals surface area contributed by atoms with E-state index in [0.717, 1.165) is 16.6 Å². The van der Waals surface area contributed by atoms with Gasteiger partial charge in [0, 0.05) is 12.2 Å². The molecule has 6 heteroatoms. The number of carboxylic acids is 1. The Morgan fingerprint density at radius 2 is 2.46 bits per heavy atom. The Morgan fingerprint density at radius 1 is 1.69 bits per heavy atom. The minimum absolute atomic E-state index is 0.172. The fourth-order valence-corrected chi connectivity index (χ4v) is 2.36. The summed E-state index contributed by atoms with van der Waals surface area (Å²) in [7, 11) is 0. The van der Waals surface area contributed by atoms with E-state index in [4.69, 9.17) is 5.11 Å². The molecule has 0 atom stereocenters. The quantitative estimate of drug-likeness (QED) is 0.762. The van der Waals surface area contributed by atoms with Crippen LogP contribution in [0.15, 0.2) is 4.34 Å². The summed E-state index contributed by atoms with van der Waals surface area (Å²) < 4.78 is 4.95. The lowest BCUT2D eigenvalue weighted by atomic mass is 10.5. The molecule has 72 valence electrons. The second-order valence-electron chi connectivity index (χ2n) is 2.32. The van der Waals surface area contributed by atoms with E-state index in [1.807, 2.05) is 6.92 Å². The maximum Gasteiger partial charge on any atom is 0.304 e. The number of rotatable bonds is 5. The lowest BCUT2D eigenvalue weighted by molar-refractivity contribution is -0.136. The number of thioether (sulfide) groups is 1. The zero-order valence-electron chi connectivity index (χ0n) is 7.19. The molecule has 1 heterocycles. The maximum absolute atomic E-state index is 10.2. The van der Waals surface area contributed by atoms with Gasteiger partial charge in [0.25, 0.3) is 0 Å². The molecule has 0 saturated carbocycles. The minimum Gasteiger partial charge on any atom is -0.481 e. The van der Waals surface area contributed by atoms with Crippen molar-refractivity contribution in [2.24, 2.45) is 0 Å². The van der Waals surface area contributed by atoms with Gasteiger partial charge >= 0.3 is 5.97 Å². The van der Waals surface area contributed by atoms with Gasteiger partial charge in [0.1, 0.15) is 5.82 Å². The van der Waals surface area contributed by atoms with Crippen molar-refractivity contribution < 1.29 is 9.90 Å². The Kier molecular flexibility index (Phi) is 4.17. The van der Waals surface area contributed by atoms with E-state index in [1.54, 1.807) is 0 Å². The zero-order valence-corrected chi connectivity index (χ0v) is 8.82. The number of carbonyl (C=O) groups is 1. The van der Waals surface area contributed by atoms with Gasteiger partial charge in [-0.05, 0) is 11.5 Å². The summed E-state index contributed by atoms with van der Waals surface area (Å²) in [6.07, 6.45) is 1.00. The molecule has 0 aliphatic carbocycles. The Bertz CT molecular complexity index is 288. The van der Waals surface area contributed by atoms with Crippen LogP contribution < -0.4 is 0 Å². The van der Waals surface area contributed by atoms with Gasteiger partial charge in [-0.2, -0.15) is 4.37 Å². The van der Waals surface area contributed by atoms with Gasteiger partial charge in [0.15, 0.2) is 4.34 Å². The molecule has 13 heavy (non-hydrogen) atoms. The predicted molar refractivity (Wildman–Crippen MR) is 52.3 cm³/mol. The Hall–Kier alpha value is -0.620. The molecule has 0 aliphatic heterocycles. The average molecular weight is 218 g/mol. The largest absolute Gasteiger partial charge is 0.481 e. The van der Waals surface area contributed by atoms with Crippen LogP contribution in [0, 0.1) is 0 Å². The van der Waals surface area contributed by atoms with Crippen LogP contribution in [0.1, 0.15) is 19.2 Å². The van der Waals surface area contributed by atoms with Crippen molar-refractivity contribution in [2.75, 3.05) is 5.75 Å². The number of hydrogen-bond acceptors (Lipinski definition) is 5. The summed E-state index contributed by atoms with van der Waals surface area (Å²) in [4.78, 5) is 14.4. The van der Waals surface area contributed by atoms with Crippen LogP contribution in [0.25, 0.3) is 0 Å². The van der Waals surface area contributed by atoms with Crippen molar-refractivity contribution in [3.05, 3.63) is 5.82 Å². The molecule has 0 aromatic carbocycles. The Labute approximate surface area is 84.6 Å². The van der Waals surface area contributed by atoms with Crippen molar-refractivity contribution in [2.45, 2.75) is 24.1 Å². The van der Waals surface area contributed by atoms with Gasteiger partial charge in [0.2, 0.25) is 0 Å². The number of hydrogen-bond donors (Lipinski definition) is 1. The van der Waals surface area contributed by atoms with Gasteiger partial charge < -0.3 is 5.11 Å². The van der Waals surface area contributed by atoms with Gasteiger partial charge in [-0.1, -0.05) is 18.7 Å². The highest BCUT2D eigenvalue weighted by molar-refractivity contribution is 8.00. The van der Waals surface area contributed by atoms with Crippen LogP contribution in [0.2, 0.25) is 0 Å². The first-order chi connectivity index (χ1) is 6.22. The monoisotopic (exact) mass is 218 g/mol. The first kappa shape index (κ1) is 10.5. The van der Waals surface area contributed by atoms with E-state index in [0.29, 0.717) is 5.75 Å². The SMILES string of the molecule is CCc1nsc(SCCC(=O)O)n1. The standard InChI is InChI=1S/C7H10N2O2S2/c1-2-5-8-7(13-9-5)12-4-3-6(10)11/h2-4H2,1H3,(H,10,11). The molecular formula is C7H10N2O2S2. The molecule has 0 spiro atoms. The Morgan fingerprint density at radius 3 is 3.00 bits per heavy atom. The van der Waals surface area contributed by atoms with E-state index in [1.165, 1.54) is 23.3 Å². The normalized spacial score (nSPS) is 10.2. The highest BCUT2D eigenvalue weighted by Crippen LogP contribution is 2.20. The van der Waals surface area contributed by atoms with Crippen LogP contribution in [-0.4, -0.2) is 26.2 Å². The summed E-state index contributed by atoms with van der Waals surface area (Å²) in [5.74, 6) is 0.629. The molecule has 1 aromatic rings. The summed E-state index contributed by atoms with van der Waals surface area (Å²) in [5, 5.41) is 8.40. The number of aryl methyl sites for hydroxylation is 1. The van der Waals surface area contributed by atoms with E-state index in [-0.39, 0.29) is 6.42 Å². The van der Waals surface area contributed by atoms with Crippen molar-refractivity contribution in [1.82, 2.24) is 9.36 Å². The molecule has 1 rings (SSSR count). The van der Waals surface area contributed by atoms with E-state index < -0.39 is 5.97 Å². The van der Waals surface area contributed by atoms with E-state index in [2.05, 4.69) is 9.36 Å². The molecule has 0 saturated heterocycles. The third-order valence-electron chi connectivity index (χ3n) is 1.31. The summed E-state index contributed by atoms with van der Waals surface area (Å²) in [6.45, 7) is 1.99. The van der Waals surface area contributed by atoms with Gasteiger partial charge in [0.05, 0.1) is 6.42 Å². The number of aliphatic carboxylic acids is 1. The van der Waals surface area contributed by atoms with Crippen molar-refractivity contribution in [3.63, 3.8) is 0 Å². The summed E-state index contributed by atoms with van der Waals surface area (Å²) in [6, 6.07) is 0. The fraction of sp³-hybridized carbons (Fsp3) is 0.571. The molecule has 4 nitrogen and oxygen atoms in total. The second kappa shape index (κ2) is 5.18. The topological polar surface area (TPSA) is 63.1 Å². The third kappa shape index (κ3) is 3.73. The average Bonchev–Trinajstić information content (AvgIpc) is 2.52. The van der Waals surface area contributed by atoms with Crippen LogP contribution in [0.5, 0.6) is 0 Å². The molecular weight excluding hydrogens is 208 g/mol. The molecule has 0 aliphatic rings. The molecule has 0 fully saturated rings.